The molecule has 0 aliphatic carbocycles. The van der Waals surface area contributed by atoms with Gasteiger partial charge in [-0.3, -0.25) is 9.79 Å². The van der Waals surface area contributed by atoms with Gasteiger partial charge in [0.15, 0.2) is 5.96 Å². The van der Waals surface area contributed by atoms with Crippen LogP contribution in [-0.4, -0.2) is 85.8 Å². The zero-order chi connectivity index (χ0) is 22.0. The van der Waals surface area contributed by atoms with Gasteiger partial charge in [-0.15, -0.1) is 24.0 Å². The fraction of sp³-hybridized carbons (Fsp3) is 0.714. The molecule has 1 atom stereocenters. The molecule has 2 rings (SSSR count). The Morgan fingerprint density at radius 2 is 1.84 bits per heavy atom. The summed E-state index contributed by atoms with van der Waals surface area (Å²) in [5.41, 5.74) is 0.0124. The lowest BCUT2D eigenvalue weighted by Gasteiger charge is -2.34. The second kappa shape index (κ2) is 13.7. The third-order valence-corrected chi connectivity index (χ3v) is 5.11. The van der Waals surface area contributed by atoms with Crippen molar-refractivity contribution < 1.29 is 9.53 Å². The SMILES string of the molecule is CCNC(=NCC(OC)C(C)(C)C)NCCC(=O)N1CCN(c2ncccn2)CC1.I. The van der Waals surface area contributed by atoms with Crippen molar-refractivity contribution in [2.45, 2.75) is 40.2 Å². The minimum Gasteiger partial charge on any atom is -0.379 e. The van der Waals surface area contributed by atoms with E-state index in [1.165, 1.54) is 0 Å². The molecule has 0 aromatic carbocycles. The van der Waals surface area contributed by atoms with Gasteiger partial charge in [0.1, 0.15) is 0 Å². The van der Waals surface area contributed by atoms with E-state index in [9.17, 15) is 4.79 Å². The molecule has 0 radical (unpaired) electrons. The first-order valence-electron chi connectivity index (χ1n) is 10.7. The second-order valence-corrected chi connectivity index (χ2v) is 8.40. The van der Waals surface area contributed by atoms with E-state index in [0.717, 1.165) is 25.6 Å². The van der Waals surface area contributed by atoms with E-state index in [1.54, 1.807) is 25.6 Å². The van der Waals surface area contributed by atoms with E-state index in [2.05, 4.69) is 51.3 Å². The first kappa shape index (κ1) is 27.3. The number of guanidine groups is 1. The third kappa shape index (κ3) is 9.14. The fourth-order valence-electron chi connectivity index (χ4n) is 3.27. The maximum Gasteiger partial charge on any atom is 0.225 e. The summed E-state index contributed by atoms with van der Waals surface area (Å²) >= 11 is 0. The number of carbonyl (C=O) groups excluding carboxylic acids is 1. The Balaban J connectivity index is 0.00000480. The Morgan fingerprint density at radius 1 is 1.19 bits per heavy atom. The van der Waals surface area contributed by atoms with Crippen LogP contribution in [0.5, 0.6) is 0 Å². The molecule has 2 heterocycles. The van der Waals surface area contributed by atoms with Gasteiger partial charge < -0.3 is 25.2 Å². The van der Waals surface area contributed by atoms with Crippen LogP contribution in [0, 0.1) is 5.41 Å². The molecule has 0 spiro atoms. The summed E-state index contributed by atoms with van der Waals surface area (Å²) in [6.07, 6.45) is 3.94. The smallest absolute Gasteiger partial charge is 0.225 e. The van der Waals surface area contributed by atoms with Gasteiger partial charge in [0, 0.05) is 65.2 Å². The lowest BCUT2D eigenvalue weighted by atomic mass is 9.89. The van der Waals surface area contributed by atoms with Crippen molar-refractivity contribution in [1.29, 1.82) is 0 Å². The monoisotopic (exact) mass is 547 g/mol. The number of nitrogens with one attached hydrogen (secondary N) is 2. The number of rotatable bonds is 8. The zero-order valence-corrected chi connectivity index (χ0v) is 21.8. The lowest BCUT2D eigenvalue weighted by Crippen LogP contribution is -2.50. The number of nitrogens with zero attached hydrogens (tertiary/aromatic N) is 5. The largest absolute Gasteiger partial charge is 0.379 e. The molecular weight excluding hydrogens is 509 g/mol. The topological polar surface area (TPSA) is 95.0 Å². The second-order valence-electron chi connectivity index (χ2n) is 8.40. The molecule has 2 N–H and O–H groups in total. The van der Waals surface area contributed by atoms with Gasteiger partial charge in [0.25, 0.3) is 0 Å². The number of hydrogen-bond acceptors (Lipinski definition) is 6. The molecule has 1 aliphatic rings. The van der Waals surface area contributed by atoms with Crippen LogP contribution in [0.2, 0.25) is 0 Å². The highest BCUT2D eigenvalue weighted by molar-refractivity contribution is 14.0. The van der Waals surface area contributed by atoms with Crippen LogP contribution >= 0.6 is 24.0 Å². The van der Waals surface area contributed by atoms with Gasteiger partial charge in [-0.2, -0.15) is 0 Å². The summed E-state index contributed by atoms with van der Waals surface area (Å²) in [6.45, 7) is 13.2. The number of aliphatic imine (C=N–C) groups is 1. The minimum absolute atomic E-state index is 0. The van der Waals surface area contributed by atoms with Crippen molar-refractivity contribution in [3.8, 4) is 0 Å². The molecular formula is C21H38IN7O2. The maximum absolute atomic E-state index is 12.6. The molecule has 1 aromatic rings. The number of methoxy groups -OCH3 is 1. The van der Waals surface area contributed by atoms with Crippen LogP contribution in [0.25, 0.3) is 0 Å². The van der Waals surface area contributed by atoms with Crippen LogP contribution < -0.4 is 15.5 Å². The van der Waals surface area contributed by atoms with Crippen molar-refractivity contribution >= 4 is 41.8 Å². The predicted octanol–water partition coefficient (Wildman–Crippen LogP) is 1.75. The number of amides is 1. The zero-order valence-electron chi connectivity index (χ0n) is 19.4. The number of carbonyl (C=O) groups is 1. The summed E-state index contributed by atoms with van der Waals surface area (Å²) in [6, 6.07) is 1.81. The molecule has 9 nitrogen and oxygen atoms in total. The van der Waals surface area contributed by atoms with Gasteiger partial charge in [-0.05, 0) is 18.4 Å². The van der Waals surface area contributed by atoms with Crippen molar-refractivity contribution in [2.24, 2.45) is 10.4 Å². The van der Waals surface area contributed by atoms with Crippen LogP contribution in [-0.2, 0) is 9.53 Å². The highest BCUT2D eigenvalue weighted by atomic mass is 127. The first-order valence-corrected chi connectivity index (χ1v) is 10.7. The van der Waals surface area contributed by atoms with Crippen LogP contribution in [0.1, 0.15) is 34.1 Å². The first-order chi connectivity index (χ1) is 14.3. The van der Waals surface area contributed by atoms with Gasteiger partial charge in [0.05, 0.1) is 12.6 Å². The standard InChI is InChI=1S/C21H37N7O2.HI/c1-6-22-19(26-16-17(30-5)21(2,3)4)23-11-8-18(29)27-12-14-28(15-13-27)20-24-9-7-10-25-20;/h7,9-10,17H,6,8,11-16H2,1-5H3,(H2,22,23,26);1H. The van der Waals surface area contributed by atoms with Crippen molar-refractivity contribution in [2.75, 3.05) is 57.8 Å². The highest BCUT2D eigenvalue weighted by Gasteiger charge is 2.24. The van der Waals surface area contributed by atoms with Crippen LogP contribution in [0.15, 0.2) is 23.5 Å². The Kier molecular flexibility index (Phi) is 12.1. The Morgan fingerprint density at radius 3 is 2.39 bits per heavy atom. The number of hydrogen-bond donors (Lipinski definition) is 2. The van der Waals surface area contributed by atoms with Gasteiger partial charge in [0.2, 0.25) is 11.9 Å². The minimum atomic E-state index is 0. The summed E-state index contributed by atoms with van der Waals surface area (Å²) in [5.74, 6) is 1.58. The molecule has 10 heteroatoms. The van der Waals surface area contributed by atoms with E-state index < -0.39 is 0 Å². The normalized spacial score (nSPS) is 15.8. The molecule has 1 saturated heterocycles. The Labute approximate surface area is 203 Å². The molecule has 0 saturated carbocycles. The number of halogens is 1. The highest BCUT2D eigenvalue weighted by Crippen LogP contribution is 2.21. The van der Waals surface area contributed by atoms with Gasteiger partial charge in [-0.25, -0.2) is 9.97 Å². The van der Waals surface area contributed by atoms with E-state index >= 15 is 0 Å². The molecule has 1 aromatic heterocycles. The summed E-state index contributed by atoms with van der Waals surface area (Å²) in [4.78, 5) is 29.8. The Hall–Kier alpha value is -1.69. The summed E-state index contributed by atoms with van der Waals surface area (Å²) in [7, 11) is 1.72. The molecule has 1 fully saturated rings. The average molecular weight is 547 g/mol. The number of aromatic nitrogens is 2. The van der Waals surface area contributed by atoms with Crippen molar-refractivity contribution in [3.63, 3.8) is 0 Å². The van der Waals surface area contributed by atoms with Crippen molar-refractivity contribution in [3.05, 3.63) is 18.5 Å². The molecule has 1 unspecified atom stereocenters. The average Bonchev–Trinajstić information content (AvgIpc) is 2.74. The summed E-state index contributed by atoms with van der Waals surface area (Å²) < 4.78 is 5.57. The van der Waals surface area contributed by atoms with Gasteiger partial charge in [-0.1, -0.05) is 20.8 Å². The molecule has 1 aliphatic heterocycles. The van der Waals surface area contributed by atoms with E-state index in [4.69, 9.17) is 4.74 Å². The van der Waals surface area contributed by atoms with Gasteiger partial charge >= 0.3 is 0 Å². The van der Waals surface area contributed by atoms with Crippen molar-refractivity contribution in [1.82, 2.24) is 25.5 Å². The van der Waals surface area contributed by atoms with E-state index in [0.29, 0.717) is 38.6 Å². The third-order valence-electron chi connectivity index (χ3n) is 5.11. The molecule has 176 valence electrons. The van der Waals surface area contributed by atoms with E-state index in [-0.39, 0.29) is 41.4 Å². The number of ether oxygens (including phenoxy) is 1. The van der Waals surface area contributed by atoms with Crippen LogP contribution in [0.4, 0.5) is 5.95 Å². The molecule has 1 amide bonds. The summed E-state index contributed by atoms with van der Waals surface area (Å²) in [5, 5.41) is 6.49. The maximum atomic E-state index is 12.6. The number of anilines is 1. The predicted molar refractivity (Wildman–Crippen MR) is 135 cm³/mol. The fourth-order valence-corrected chi connectivity index (χ4v) is 3.27. The molecule has 0 bridgehead atoms. The number of piperazine rings is 1. The quantitative estimate of drug-likeness (QED) is 0.291. The molecule has 31 heavy (non-hydrogen) atoms. The van der Waals surface area contributed by atoms with E-state index in [1.807, 2.05) is 11.8 Å². The Bertz CT molecular complexity index is 674. The lowest BCUT2D eigenvalue weighted by molar-refractivity contribution is -0.131. The van der Waals surface area contributed by atoms with Crippen LogP contribution in [0.3, 0.4) is 0 Å².